The molecule has 1 spiro atoms. The molecular formula is C16H29NO. The van der Waals surface area contributed by atoms with E-state index in [1.165, 1.54) is 51.4 Å². The van der Waals surface area contributed by atoms with Gasteiger partial charge in [0.2, 0.25) is 0 Å². The minimum absolute atomic E-state index is 0.202. The van der Waals surface area contributed by atoms with E-state index in [1.54, 1.807) is 0 Å². The highest BCUT2D eigenvalue weighted by molar-refractivity contribution is 4.98. The fourth-order valence-corrected chi connectivity index (χ4v) is 4.30. The SMILES string of the molecule is CCC1CCC2(CC1)CNC1CC(C)CCC1O2. The molecule has 18 heavy (non-hydrogen) atoms. The third kappa shape index (κ3) is 2.46. The van der Waals surface area contributed by atoms with Gasteiger partial charge in [-0.1, -0.05) is 20.3 Å². The first-order valence-electron chi connectivity index (χ1n) is 8.12. The predicted octanol–water partition coefficient (Wildman–Crippen LogP) is 3.50. The van der Waals surface area contributed by atoms with Gasteiger partial charge in [0.25, 0.3) is 0 Å². The second kappa shape index (κ2) is 5.13. The molecule has 3 fully saturated rings. The molecule has 0 aromatic rings. The van der Waals surface area contributed by atoms with E-state index >= 15 is 0 Å². The summed E-state index contributed by atoms with van der Waals surface area (Å²) in [4.78, 5) is 0. The van der Waals surface area contributed by atoms with Crippen molar-refractivity contribution in [2.75, 3.05) is 6.54 Å². The lowest BCUT2D eigenvalue weighted by molar-refractivity contribution is -0.167. The summed E-state index contributed by atoms with van der Waals surface area (Å²) < 4.78 is 6.60. The van der Waals surface area contributed by atoms with Gasteiger partial charge in [-0.15, -0.1) is 0 Å². The van der Waals surface area contributed by atoms with Crippen LogP contribution < -0.4 is 5.32 Å². The summed E-state index contributed by atoms with van der Waals surface area (Å²) in [5, 5.41) is 3.82. The zero-order valence-corrected chi connectivity index (χ0v) is 12.1. The van der Waals surface area contributed by atoms with E-state index in [0.717, 1.165) is 18.4 Å². The molecule has 1 heterocycles. The molecule has 1 aliphatic heterocycles. The van der Waals surface area contributed by atoms with Crippen LogP contribution in [0.3, 0.4) is 0 Å². The number of hydrogen-bond acceptors (Lipinski definition) is 2. The van der Waals surface area contributed by atoms with Gasteiger partial charge >= 0.3 is 0 Å². The smallest absolute Gasteiger partial charge is 0.0811 e. The molecular weight excluding hydrogens is 222 g/mol. The fraction of sp³-hybridized carbons (Fsp3) is 1.00. The van der Waals surface area contributed by atoms with Crippen molar-refractivity contribution in [2.45, 2.75) is 83.0 Å². The van der Waals surface area contributed by atoms with E-state index < -0.39 is 0 Å². The van der Waals surface area contributed by atoms with E-state index in [4.69, 9.17) is 4.74 Å². The van der Waals surface area contributed by atoms with Gasteiger partial charge in [-0.05, 0) is 56.8 Å². The van der Waals surface area contributed by atoms with Crippen molar-refractivity contribution >= 4 is 0 Å². The van der Waals surface area contributed by atoms with Crippen molar-refractivity contribution in [3.8, 4) is 0 Å². The Morgan fingerprint density at radius 3 is 2.67 bits per heavy atom. The van der Waals surface area contributed by atoms with Crippen molar-refractivity contribution < 1.29 is 4.74 Å². The standard InChI is InChI=1S/C16H29NO/c1-3-13-6-8-16(9-7-13)11-17-14-10-12(2)4-5-15(14)18-16/h12-15,17H,3-11H2,1-2H3. The van der Waals surface area contributed by atoms with Crippen LogP contribution in [0.15, 0.2) is 0 Å². The van der Waals surface area contributed by atoms with Gasteiger partial charge in [-0.25, -0.2) is 0 Å². The van der Waals surface area contributed by atoms with Crippen LogP contribution in [0.1, 0.15) is 65.2 Å². The van der Waals surface area contributed by atoms with Crippen molar-refractivity contribution in [2.24, 2.45) is 11.8 Å². The largest absolute Gasteiger partial charge is 0.369 e. The Hall–Kier alpha value is -0.0800. The summed E-state index contributed by atoms with van der Waals surface area (Å²) in [5.41, 5.74) is 0.202. The summed E-state index contributed by atoms with van der Waals surface area (Å²) >= 11 is 0. The van der Waals surface area contributed by atoms with Gasteiger partial charge in [-0.2, -0.15) is 0 Å². The van der Waals surface area contributed by atoms with Gasteiger partial charge < -0.3 is 10.1 Å². The Bertz CT molecular complexity index is 283. The van der Waals surface area contributed by atoms with E-state index in [0.29, 0.717) is 12.1 Å². The van der Waals surface area contributed by atoms with Crippen LogP contribution >= 0.6 is 0 Å². The third-order valence-corrected chi connectivity index (χ3v) is 5.73. The van der Waals surface area contributed by atoms with Crippen molar-refractivity contribution in [3.05, 3.63) is 0 Å². The highest BCUT2D eigenvalue weighted by Gasteiger charge is 2.44. The van der Waals surface area contributed by atoms with E-state index in [1.807, 2.05) is 0 Å². The molecule has 0 aromatic heterocycles. The fourth-order valence-electron chi connectivity index (χ4n) is 4.30. The number of ether oxygens (including phenoxy) is 1. The first-order chi connectivity index (χ1) is 8.71. The molecule has 2 heteroatoms. The lowest BCUT2D eigenvalue weighted by Crippen LogP contribution is -2.61. The van der Waals surface area contributed by atoms with Gasteiger partial charge in [-0.3, -0.25) is 0 Å². The Kier molecular flexibility index (Phi) is 3.68. The van der Waals surface area contributed by atoms with Crippen molar-refractivity contribution in [3.63, 3.8) is 0 Å². The minimum Gasteiger partial charge on any atom is -0.369 e. The van der Waals surface area contributed by atoms with Crippen molar-refractivity contribution in [1.29, 1.82) is 0 Å². The van der Waals surface area contributed by atoms with E-state index in [-0.39, 0.29) is 5.60 Å². The first kappa shape index (κ1) is 12.9. The molecule has 1 N–H and O–H groups in total. The van der Waals surface area contributed by atoms with Gasteiger partial charge in [0.15, 0.2) is 0 Å². The molecule has 3 aliphatic rings. The summed E-state index contributed by atoms with van der Waals surface area (Å²) in [7, 11) is 0. The molecule has 0 amide bonds. The molecule has 2 saturated carbocycles. The average molecular weight is 251 g/mol. The van der Waals surface area contributed by atoms with Crippen LogP contribution in [0.2, 0.25) is 0 Å². The summed E-state index contributed by atoms with van der Waals surface area (Å²) in [6, 6.07) is 0.642. The van der Waals surface area contributed by atoms with E-state index in [9.17, 15) is 0 Å². The predicted molar refractivity (Wildman–Crippen MR) is 74.7 cm³/mol. The molecule has 3 atom stereocenters. The lowest BCUT2D eigenvalue weighted by Gasteiger charge is -2.51. The zero-order chi connectivity index (χ0) is 12.6. The van der Waals surface area contributed by atoms with E-state index in [2.05, 4.69) is 19.2 Å². The summed E-state index contributed by atoms with van der Waals surface area (Å²) in [5.74, 6) is 1.84. The van der Waals surface area contributed by atoms with Gasteiger partial charge in [0.1, 0.15) is 0 Å². The van der Waals surface area contributed by atoms with Crippen LogP contribution in [0, 0.1) is 11.8 Å². The van der Waals surface area contributed by atoms with Gasteiger partial charge in [0.05, 0.1) is 11.7 Å². The Morgan fingerprint density at radius 1 is 1.17 bits per heavy atom. The quantitative estimate of drug-likeness (QED) is 0.770. The number of nitrogens with one attached hydrogen (secondary N) is 1. The Morgan fingerprint density at radius 2 is 1.94 bits per heavy atom. The molecule has 0 radical (unpaired) electrons. The molecule has 1 saturated heterocycles. The maximum Gasteiger partial charge on any atom is 0.0811 e. The molecule has 3 rings (SSSR count). The lowest BCUT2D eigenvalue weighted by atomic mass is 9.75. The normalized spacial score (nSPS) is 49.0. The molecule has 3 unspecified atom stereocenters. The summed E-state index contributed by atoms with van der Waals surface area (Å²) in [6.07, 6.45) is 11.2. The molecule has 104 valence electrons. The second-order valence-corrected chi connectivity index (χ2v) is 7.10. The van der Waals surface area contributed by atoms with Gasteiger partial charge in [0, 0.05) is 12.6 Å². The number of morpholine rings is 1. The second-order valence-electron chi connectivity index (χ2n) is 7.10. The first-order valence-corrected chi connectivity index (χ1v) is 8.12. The highest BCUT2D eigenvalue weighted by Crippen LogP contribution is 2.41. The number of rotatable bonds is 1. The Balaban J connectivity index is 1.60. The summed E-state index contributed by atoms with van der Waals surface area (Å²) in [6.45, 7) is 5.83. The Labute approximate surface area is 112 Å². The van der Waals surface area contributed by atoms with Crippen LogP contribution in [0.25, 0.3) is 0 Å². The van der Waals surface area contributed by atoms with Crippen molar-refractivity contribution in [1.82, 2.24) is 5.32 Å². The number of hydrogen-bond donors (Lipinski definition) is 1. The van der Waals surface area contributed by atoms with Crippen LogP contribution in [0.5, 0.6) is 0 Å². The third-order valence-electron chi connectivity index (χ3n) is 5.73. The number of fused-ring (bicyclic) bond motifs is 1. The average Bonchev–Trinajstić information content (AvgIpc) is 2.40. The minimum atomic E-state index is 0.202. The monoisotopic (exact) mass is 251 g/mol. The van der Waals surface area contributed by atoms with Crippen LogP contribution in [-0.4, -0.2) is 24.3 Å². The maximum absolute atomic E-state index is 6.60. The van der Waals surface area contributed by atoms with Crippen LogP contribution in [0.4, 0.5) is 0 Å². The molecule has 2 aliphatic carbocycles. The zero-order valence-electron chi connectivity index (χ0n) is 12.1. The topological polar surface area (TPSA) is 21.3 Å². The molecule has 0 bridgehead atoms. The molecule has 0 aromatic carbocycles. The highest BCUT2D eigenvalue weighted by atomic mass is 16.5. The maximum atomic E-state index is 6.60. The van der Waals surface area contributed by atoms with Crippen LogP contribution in [-0.2, 0) is 4.74 Å². The molecule has 2 nitrogen and oxygen atoms in total.